The maximum absolute atomic E-state index is 11.0. The van der Waals surface area contributed by atoms with Gasteiger partial charge < -0.3 is 4.79 Å². The first-order valence-corrected chi connectivity index (χ1v) is 5.68. The van der Waals surface area contributed by atoms with Crippen LogP contribution in [-0.2, 0) is 37.5 Å². The summed E-state index contributed by atoms with van der Waals surface area (Å²) < 4.78 is 0. The van der Waals surface area contributed by atoms with Crippen molar-refractivity contribution < 1.29 is 37.5 Å². The van der Waals surface area contributed by atoms with Gasteiger partial charge in [-0.2, -0.15) is 6.07 Å². The van der Waals surface area contributed by atoms with E-state index in [1.165, 1.54) is 11.1 Å². The first-order chi connectivity index (χ1) is 8.11. The standard InChI is InChI=1S/C16H15O.Y/c1-11-4-6-13(3)15(8-11)16-9-12(2)5-7-14(16)10-17;/h4-9H,1-3H3;/q-1;. The van der Waals surface area contributed by atoms with Gasteiger partial charge in [0.1, 0.15) is 0 Å². The summed E-state index contributed by atoms with van der Waals surface area (Å²) in [5.41, 5.74) is 6.25. The molecule has 0 bridgehead atoms. The number of carbonyl (C=O) groups excluding carboxylic acids is 1. The largest absolute Gasteiger partial charge is 0.376 e. The molecule has 1 radical (unpaired) electrons. The molecule has 18 heavy (non-hydrogen) atoms. The zero-order chi connectivity index (χ0) is 12.4. The summed E-state index contributed by atoms with van der Waals surface area (Å²) in [6, 6.07) is 12.1. The Morgan fingerprint density at radius 3 is 2.00 bits per heavy atom. The fraction of sp³-hybridized carbons (Fsp3) is 0.188. The zero-order valence-electron chi connectivity index (χ0n) is 10.9. The molecule has 2 aromatic rings. The minimum Gasteiger partial charge on any atom is -0.376 e. The van der Waals surface area contributed by atoms with E-state index in [4.69, 9.17) is 0 Å². The molecule has 0 heterocycles. The molecular formula is C16H15OY-. The van der Waals surface area contributed by atoms with Gasteiger partial charge in [0.25, 0.3) is 0 Å². The Morgan fingerprint density at radius 2 is 1.39 bits per heavy atom. The summed E-state index contributed by atoms with van der Waals surface area (Å²) >= 11 is 0. The molecule has 0 spiro atoms. The summed E-state index contributed by atoms with van der Waals surface area (Å²) in [7, 11) is 0. The minimum atomic E-state index is 0. The number of hydrogen-bond donors (Lipinski definition) is 0. The van der Waals surface area contributed by atoms with Crippen LogP contribution in [0, 0.1) is 20.8 Å². The predicted molar refractivity (Wildman–Crippen MR) is 70.9 cm³/mol. The van der Waals surface area contributed by atoms with Gasteiger partial charge in [0, 0.05) is 32.7 Å². The normalized spacial score (nSPS) is 9.72. The van der Waals surface area contributed by atoms with Crippen LogP contribution in [0.5, 0.6) is 0 Å². The summed E-state index contributed by atoms with van der Waals surface area (Å²) in [4.78, 5) is 11.0. The van der Waals surface area contributed by atoms with Crippen LogP contribution in [0.3, 0.4) is 0 Å². The smallest absolute Gasteiger partial charge is 0.0633 e. The van der Waals surface area contributed by atoms with Crippen LogP contribution < -0.4 is 0 Å². The van der Waals surface area contributed by atoms with Crippen LogP contribution in [0.25, 0.3) is 11.1 Å². The van der Waals surface area contributed by atoms with E-state index >= 15 is 0 Å². The fourth-order valence-electron chi connectivity index (χ4n) is 2.00. The van der Waals surface area contributed by atoms with Gasteiger partial charge in [-0.3, -0.25) is 0 Å². The van der Waals surface area contributed by atoms with E-state index in [1.807, 2.05) is 31.4 Å². The topological polar surface area (TPSA) is 17.1 Å². The number of aryl methyl sites for hydroxylation is 3. The summed E-state index contributed by atoms with van der Waals surface area (Å²) in [5, 5.41) is 0. The molecule has 2 heteroatoms. The number of benzene rings is 2. The van der Waals surface area contributed by atoms with Crippen LogP contribution in [0.2, 0.25) is 0 Å². The van der Waals surface area contributed by atoms with Crippen molar-refractivity contribution in [2.45, 2.75) is 20.8 Å². The van der Waals surface area contributed by atoms with Crippen LogP contribution in [0.1, 0.15) is 22.3 Å². The number of hydrogen-bond acceptors (Lipinski definition) is 1. The summed E-state index contributed by atoms with van der Waals surface area (Å²) in [6.45, 7) is 6.15. The molecular weight excluding hydrogens is 297 g/mol. The maximum Gasteiger partial charge on any atom is 0.0633 e. The summed E-state index contributed by atoms with van der Waals surface area (Å²) in [6.07, 6.45) is 2.02. The van der Waals surface area contributed by atoms with Gasteiger partial charge in [-0.05, 0) is 20.8 Å². The second-order valence-electron chi connectivity index (χ2n) is 4.47. The molecule has 89 valence electrons. The van der Waals surface area contributed by atoms with E-state index in [1.54, 1.807) is 0 Å². The van der Waals surface area contributed by atoms with Crippen molar-refractivity contribution in [2.75, 3.05) is 0 Å². The van der Waals surface area contributed by atoms with E-state index in [0.717, 1.165) is 16.7 Å². The fourth-order valence-corrected chi connectivity index (χ4v) is 2.00. The van der Waals surface area contributed by atoms with Crippen molar-refractivity contribution in [1.29, 1.82) is 0 Å². The maximum atomic E-state index is 11.0. The molecule has 2 aromatic carbocycles. The van der Waals surface area contributed by atoms with Crippen LogP contribution in [-0.4, -0.2) is 6.29 Å². The van der Waals surface area contributed by atoms with Crippen LogP contribution >= 0.6 is 0 Å². The van der Waals surface area contributed by atoms with E-state index in [2.05, 4.69) is 32.0 Å². The van der Waals surface area contributed by atoms with E-state index in [-0.39, 0.29) is 32.7 Å². The predicted octanol–water partition coefficient (Wildman–Crippen LogP) is 3.73. The molecule has 0 unspecified atom stereocenters. The molecule has 0 amide bonds. The van der Waals surface area contributed by atoms with Gasteiger partial charge in [0.15, 0.2) is 0 Å². The average molecular weight is 312 g/mol. The Morgan fingerprint density at radius 1 is 0.833 bits per heavy atom. The Hall–Kier alpha value is -0.786. The third-order valence-electron chi connectivity index (χ3n) is 2.97. The molecule has 0 aliphatic rings. The van der Waals surface area contributed by atoms with Crippen molar-refractivity contribution >= 4 is 6.29 Å². The minimum absolute atomic E-state index is 0. The molecule has 0 saturated heterocycles. The van der Waals surface area contributed by atoms with E-state index < -0.39 is 0 Å². The van der Waals surface area contributed by atoms with Crippen LogP contribution in [0.4, 0.5) is 0 Å². The zero-order valence-corrected chi connectivity index (χ0v) is 13.8. The quantitative estimate of drug-likeness (QED) is 0.772. The van der Waals surface area contributed by atoms with Crippen molar-refractivity contribution in [1.82, 2.24) is 0 Å². The third-order valence-corrected chi connectivity index (χ3v) is 2.97. The Balaban J connectivity index is 0.00000162. The van der Waals surface area contributed by atoms with Crippen molar-refractivity contribution in [3.05, 3.63) is 58.7 Å². The van der Waals surface area contributed by atoms with Gasteiger partial charge in [-0.15, -0.1) is 23.3 Å². The molecule has 0 fully saturated rings. The Labute approximate surface area is 133 Å². The third kappa shape index (κ3) is 3.15. The molecule has 0 aliphatic carbocycles. The first kappa shape index (κ1) is 15.3. The van der Waals surface area contributed by atoms with Crippen molar-refractivity contribution in [3.8, 4) is 11.1 Å². The SMILES string of the molecule is Cc1ccc(C)c(-c2cc(C)ccc2[C-]=O)c1.[Y]. The Kier molecular flexibility index (Phi) is 5.43. The molecule has 0 saturated carbocycles. The second-order valence-corrected chi connectivity index (χ2v) is 4.47. The molecule has 0 atom stereocenters. The molecule has 0 aliphatic heterocycles. The van der Waals surface area contributed by atoms with E-state index in [0.29, 0.717) is 5.56 Å². The molecule has 0 aromatic heterocycles. The average Bonchev–Trinajstić information content (AvgIpc) is 2.32. The van der Waals surface area contributed by atoms with E-state index in [9.17, 15) is 4.79 Å². The molecule has 2 rings (SSSR count). The van der Waals surface area contributed by atoms with Crippen molar-refractivity contribution in [3.63, 3.8) is 0 Å². The molecule has 0 N–H and O–H groups in total. The Bertz CT molecular complexity index is 573. The number of rotatable bonds is 2. The second kappa shape index (κ2) is 6.40. The van der Waals surface area contributed by atoms with Crippen molar-refractivity contribution in [2.24, 2.45) is 0 Å². The summed E-state index contributed by atoms with van der Waals surface area (Å²) in [5.74, 6) is 0. The van der Waals surface area contributed by atoms with Gasteiger partial charge in [-0.1, -0.05) is 40.5 Å². The van der Waals surface area contributed by atoms with Gasteiger partial charge in [0.2, 0.25) is 0 Å². The van der Waals surface area contributed by atoms with Gasteiger partial charge >= 0.3 is 0 Å². The van der Waals surface area contributed by atoms with Gasteiger partial charge in [-0.25, -0.2) is 0 Å². The molecule has 1 nitrogen and oxygen atoms in total. The van der Waals surface area contributed by atoms with Gasteiger partial charge in [0.05, 0.1) is 6.29 Å². The monoisotopic (exact) mass is 312 g/mol. The first-order valence-electron chi connectivity index (χ1n) is 5.68. The van der Waals surface area contributed by atoms with Crippen LogP contribution in [0.15, 0.2) is 36.4 Å².